The van der Waals surface area contributed by atoms with Crippen molar-refractivity contribution < 1.29 is 5.11 Å². The van der Waals surface area contributed by atoms with E-state index in [0.29, 0.717) is 12.5 Å². The first kappa shape index (κ1) is 13.3. The Balaban J connectivity index is 1.80. The molecule has 0 bridgehead atoms. The molecule has 0 radical (unpaired) electrons. The monoisotopic (exact) mass is 275 g/mol. The number of hydrogen-bond acceptors (Lipinski definition) is 5. The summed E-state index contributed by atoms with van der Waals surface area (Å²) in [5.74, 6) is 2.55. The molecule has 0 saturated carbocycles. The average Bonchev–Trinajstić information content (AvgIpc) is 2.79. The van der Waals surface area contributed by atoms with Crippen LogP contribution in [-0.4, -0.2) is 44.4 Å². The lowest BCUT2D eigenvalue weighted by molar-refractivity contribution is 0.249. The highest BCUT2D eigenvalue weighted by Gasteiger charge is 2.18. The Kier molecular flexibility index (Phi) is 3.82. The summed E-state index contributed by atoms with van der Waals surface area (Å²) >= 11 is 0. The second-order valence-corrected chi connectivity index (χ2v) is 5.52. The Labute approximate surface area is 118 Å². The summed E-state index contributed by atoms with van der Waals surface area (Å²) in [5, 5.41) is 17.1. The Hall–Kier alpha value is -1.69. The SMILES string of the molecule is Cc1nc(N2CCCC(CCO)CC2)cc2nncn12. The zero-order valence-corrected chi connectivity index (χ0v) is 11.9. The van der Waals surface area contributed by atoms with Crippen molar-refractivity contribution in [1.29, 1.82) is 0 Å². The van der Waals surface area contributed by atoms with Gasteiger partial charge in [0.25, 0.3) is 0 Å². The summed E-state index contributed by atoms with van der Waals surface area (Å²) in [4.78, 5) is 7.00. The van der Waals surface area contributed by atoms with E-state index in [1.165, 1.54) is 6.42 Å². The Morgan fingerprint density at radius 1 is 1.35 bits per heavy atom. The molecule has 0 aromatic carbocycles. The first-order valence-corrected chi connectivity index (χ1v) is 7.31. The van der Waals surface area contributed by atoms with Crippen molar-refractivity contribution in [2.45, 2.75) is 32.6 Å². The molecule has 20 heavy (non-hydrogen) atoms. The van der Waals surface area contributed by atoms with Crippen LogP contribution in [0.1, 0.15) is 31.5 Å². The summed E-state index contributed by atoms with van der Waals surface area (Å²) in [5.41, 5.74) is 0.851. The van der Waals surface area contributed by atoms with E-state index in [-0.39, 0.29) is 0 Å². The molecule has 1 saturated heterocycles. The van der Waals surface area contributed by atoms with Gasteiger partial charge in [-0.3, -0.25) is 4.40 Å². The standard InChI is InChI=1S/C14H21N5O/c1-11-16-13(9-14-17-15-10-19(11)14)18-6-2-3-12(4-7-18)5-8-20/h9-10,12,20H,2-8H2,1H3. The largest absolute Gasteiger partial charge is 0.396 e. The van der Waals surface area contributed by atoms with E-state index in [1.54, 1.807) is 6.33 Å². The van der Waals surface area contributed by atoms with Crippen LogP contribution in [0.15, 0.2) is 12.4 Å². The summed E-state index contributed by atoms with van der Waals surface area (Å²) in [7, 11) is 0. The molecule has 0 aliphatic carbocycles. The van der Waals surface area contributed by atoms with E-state index in [4.69, 9.17) is 5.11 Å². The van der Waals surface area contributed by atoms with Crippen LogP contribution in [0.25, 0.3) is 5.65 Å². The molecule has 1 atom stereocenters. The number of anilines is 1. The topological polar surface area (TPSA) is 66.5 Å². The number of hydrogen-bond donors (Lipinski definition) is 1. The van der Waals surface area contributed by atoms with Gasteiger partial charge in [0.1, 0.15) is 18.0 Å². The molecule has 6 heteroatoms. The van der Waals surface area contributed by atoms with Crippen molar-refractivity contribution in [3.8, 4) is 0 Å². The maximum absolute atomic E-state index is 9.08. The van der Waals surface area contributed by atoms with Crippen molar-refractivity contribution >= 4 is 11.5 Å². The minimum Gasteiger partial charge on any atom is -0.396 e. The summed E-state index contributed by atoms with van der Waals surface area (Å²) in [6, 6.07) is 2.01. The third-order valence-corrected chi connectivity index (χ3v) is 4.17. The molecule has 1 aliphatic heterocycles. The molecule has 0 amide bonds. The maximum Gasteiger partial charge on any atom is 0.165 e. The van der Waals surface area contributed by atoms with Crippen LogP contribution in [0, 0.1) is 12.8 Å². The number of aromatic nitrogens is 4. The molecule has 0 spiro atoms. The number of aryl methyl sites for hydroxylation is 1. The van der Waals surface area contributed by atoms with Gasteiger partial charge in [0.15, 0.2) is 5.65 Å². The Morgan fingerprint density at radius 2 is 2.25 bits per heavy atom. The first-order valence-electron chi connectivity index (χ1n) is 7.31. The summed E-state index contributed by atoms with van der Waals surface area (Å²) in [6.07, 6.45) is 6.09. The number of nitrogens with zero attached hydrogens (tertiary/aromatic N) is 5. The van der Waals surface area contributed by atoms with E-state index in [2.05, 4.69) is 20.1 Å². The van der Waals surface area contributed by atoms with Gasteiger partial charge in [-0.2, -0.15) is 0 Å². The van der Waals surface area contributed by atoms with E-state index in [0.717, 1.165) is 49.6 Å². The molecule has 1 aliphatic rings. The molecule has 2 aromatic heterocycles. The van der Waals surface area contributed by atoms with Gasteiger partial charge in [-0.1, -0.05) is 0 Å². The number of aliphatic hydroxyl groups is 1. The Morgan fingerprint density at radius 3 is 3.10 bits per heavy atom. The predicted molar refractivity (Wildman–Crippen MR) is 76.8 cm³/mol. The smallest absolute Gasteiger partial charge is 0.165 e. The molecule has 1 fully saturated rings. The van der Waals surface area contributed by atoms with Crippen LogP contribution >= 0.6 is 0 Å². The van der Waals surface area contributed by atoms with Crippen LogP contribution in [0.5, 0.6) is 0 Å². The quantitative estimate of drug-likeness (QED) is 0.917. The van der Waals surface area contributed by atoms with Crippen LogP contribution in [-0.2, 0) is 0 Å². The summed E-state index contributed by atoms with van der Waals surface area (Å²) < 4.78 is 1.90. The zero-order valence-electron chi connectivity index (χ0n) is 11.9. The van der Waals surface area contributed by atoms with Gasteiger partial charge < -0.3 is 10.0 Å². The third kappa shape index (κ3) is 2.60. The van der Waals surface area contributed by atoms with Crippen molar-refractivity contribution in [2.75, 3.05) is 24.6 Å². The van der Waals surface area contributed by atoms with Crippen LogP contribution in [0.2, 0.25) is 0 Å². The van der Waals surface area contributed by atoms with Gasteiger partial charge in [-0.05, 0) is 38.5 Å². The molecule has 1 N–H and O–H groups in total. The first-order chi connectivity index (χ1) is 9.78. The lowest BCUT2D eigenvalue weighted by atomic mass is 9.98. The fourth-order valence-electron chi connectivity index (χ4n) is 2.99. The molecule has 6 nitrogen and oxygen atoms in total. The van der Waals surface area contributed by atoms with Crippen LogP contribution in [0.4, 0.5) is 5.82 Å². The fraction of sp³-hybridized carbons (Fsp3) is 0.643. The van der Waals surface area contributed by atoms with Crippen LogP contribution in [0.3, 0.4) is 0 Å². The second kappa shape index (κ2) is 5.75. The minimum atomic E-state index is 0.299. The normalized spacial score (nSPS) is 20.3. The number of fused-ring (bicyclic) bond motifs is 1. The van der Waals surface area contributed by atoms with E-state index >= 15 is 0 Å². The van der Waals surface area contributed by atoms with Crippen LogP contribution < -0.4 is 4.90 Å². The average molecular weight is 275 g/mol. The molecule has 1 unspecified atom stereocenters. The van der Waals surface area contributed by atoms with Crippen molar-refractivity contribution in [2.24, 2.45) is 5.92 Å². The van der Waals surface area contributed by atoms with Crippen molar-refractivity contribution in [1.82, 2.24) is 19.6 Å². The maximum atomic E-state index is 9.08. The van der Waals surface area contributed by atoms with E-state index in [1.807, 2.05) is 17.4 Å². The van der Waals surface area contributed by atoms with Crippen molar-refractivity contribution in [3.63, 3.8) is 0 Å². The molecular weight excluding hydrogens is 254 g/mol. The molecular formula is C14H21N5O. The fourth-order valence-corrected chi connectivity index (χ4v) is 2.99. The van der Waals surface area contributed by atoms with Crippen molar-refractivity contribution in [3.05, 3.63) is 18.2 Å². The highest BCUT2D eigenvalue weighted by Crippen LogP contribution is 2.24. The van der Waals surface area contributed by atoms with E-state index in [9.17, 15) is 0 Å². The van der Waals surface area contributed by atoms with Gasteiger partial charge in [0.05, 0.1) is 0 Å². The lowest BCUT2D eigenvalue weighted by Gasteiger charge is -2.22. The number of rotatable bonds is 3. The highest BCUT2D eigenvalue weighted by atomic mass is 16.3. The highest BCUT2D eigenvalue weighted by molar-refractivity contribution is 5.51. The zero-order chi connectivity index (χ0) is 13.9. The third-order valence-electron chi connectivity index (χ3n) is 4.17. The summed E-state index contributed by atoms with van der Waals surface area (Å²) in [6.45, 7) is 4.31. The van der Waals surface area contributed by atoms with E-state index < -0.39 is 0 Å². The Bertz CT molecular complexity index is 582. The lowest BCUT2D eigenvalue weighted by Crippen LogP contribution is -2.25. The van der Waals surface area contributed by atoms with Gasteiger partial charge in [0.2, 0.25) is 0 Å². The van der Waals surface area contributed by atoms with Gasteiger partial charge in [-0.25, -0.2) is 4.98 Å². The molecule has 3 rings (SSSR count). The minimum absolute atomic E-state index is 0.299. The predicted octanol–water partition coefficient (Wildman–Crippen LogP) is 1.42. The van der Waals surface area contributed by atoms with Gasteiger partial charge in [0, 0.05) is 25.8 Å². The molecule has 108 valence electrons. The van der Waals surface area contributed by atoms with Gasteiger partial charge >= 0.3 is 0 Å². The molecule has 2 aromatic rings. The molecule has 3 heterocycles. The van der Waals surface area contributed by atoms with Gasteiger partial charge in [-0.15, -0.1) is 10.2 Å². The second-order valence-electron chi connectivity index (χ2n) is 5.52. The number of aliphatic hydroxyl groups excluding tert-OH is 1.